The first kappa shape index (κ1) is 16.4. The molecule has 6 heteroatoms. The summed E-state index contributed by atoms with van der Waals surface area (Å²) in [6, 6.07) is 0.915. The van der Waals surface area contributed by atoms with Crippen LogP contribution in [-0.4, -0.2) is 54.6 Å². The molecule has 0 bridgehead atoms. The highest BCUT2D eigenvalue weighted by Crippen LogP contribution is 2.46. The van der Waals surface area contributed by atoms with E-state index in [-0.39, 0.29) is 6.10 Å². The number of hydrogen-bond acceptors (Lipinski definition) is 5. The van der Waals surface area contributed by atoms with Crippen LogP contribution in [0.3, 0.4) is 0 Å². The maximum Gasteiger partial charge on any atom is 0.399 e. The van der Waals surface area contributed by atoms with E-state index in [0.29, 0.717) is 12.5 Å². The molecule has 0 aromatic rings. The average Bonchev–Trinajstić information content (AvgIpc) is 3.30. The molecule has 0 spiro atoms. The number of methoxy groups -OCH3 is 2. The summed E-state index contributed by atoms with van der Waals surface area (Å²) < 4.78 is 29.3. The molecule has 0 aromatic heterocycles. The van der Waals surface area contributed by atoms with Gasteiger partial charge in [0.1, 0.15) is 6.10 Å². The Labute approximate surface area is 123 Å². The zero-order valence-electron chi connectivity index (χ0n) is 13.1. The van der Waals surface area contributed by atoms with Gasteiger partial charge in [0.25, 0.3) is 0 Å². The van der Waals surface area contributed by atoms with Gasteiger partial charge in [0, 0.05) is 27.2 Å². The van der Waals surface area contributed by atoms with E-state index >= 15 is 0 Å². The van der Waals surface area contributed by atoms with E-state index < -0.39 is 14.0 Å². The van der Waals surface area contributed by atoms with Crippen molar-refractivity contribution >= 4 is 8.56 Å². The monoisotopic (exact) mass is 304 g/mol. The molecule has 0 amide bonds. The van der Waals surface area contributed by atoms with Gasteiger partial charge >= 0.3 is 8.56 Å². The zero-order chi connectivity index (χ0) is 14.6. The van der Waals surface area contributed by atoms with E-state index in [1.54, 1.807) is 21.3 Å². The second-order valence-electron chi connectivity index (χ2n) is 5.68. The molecule has 3 unspecified atom stereocenters. The van der Waals surface area contributed by atoms with Gasteiger partial charge in [-0.05, 0) is 18.9 Å². The number of ether oxygens (including phenoxy) is 3. The molecule has 0 radical (unpaired) electrons. The predicted octanol–water partition coefficient (Wildman–Crippen LogP) is 2.23. The molecule has 0 aromatic carbocycles. The average molecular weight is 304 g/mol. The molecule has 0 saturated carbocycles. The maximum atomic E-state index is 6.26. The minimum Gasteiger partial charge on any atom is -0.395 e. The summed E-state index contributed by atoms with van der Waals surface area (Å²) in [5, 5.41) is 0. The Morgan fingerprint density at radius 3 is 2.45 bits per heavy atom. The van der Waals surface area contributed by atoms with E-state index in [4.69, 9.17) is 23.1 Å². The quantitative estimate of drug-likeness (QED) is 0.391. The molecule has 2 rings (SSSR count). The smallest absolute Gasteiger partial charge is 0.395 e. The van der Waals surface area contributed by atoms with Gasteiger partial charge in [-0.1, -0.05) is 19.8 Å². The molecule has 2 aliphatic rings. The number of hydrogen-bond donors (Lipinski definition) is 0. The predicted molar refractivity (Wildman–Crippen MR) is 77.6 cm³/mol. The summed E-state index contributed by atoms with van der Waals surface area (Å²) >= 11 is 0. The lowest BCUT2D eigenvalue weighted by molar-refractivity contribution is -0.216. The minimum absolute atomic E-state index is 0.229. The third-order valence-electron chi connectivity index (χ3n) is 4.60. The van der Waals surface area contributed by atoms with Crippen LogP contribution in [0.15, 0.2) is 0 Å². The number of epoxide rings is 1. The van der Waals surface area contributed by atoms with Crippen molar-refractivity contribution in [3.05, 3.63) is 0 Å². The molecule has 2 aliphatic heterocycles. The summed E-state index contributed by atoms with van der Waals surface area (Å²) in [5.41, 5.74) is -0.703. The van der Waals surface area contributed by atoms with Gasteiger partial charge in [0.2, 0.25) is 5.41 Å². The zero-order valence-corrected chi connectivity index (χ0v) is 14.1. The van der Waals surface area contributed by atoms with Gasteiger partial charge in [-0.25, -0.2) is 0 Å². The van der Waals surface area contributed by atoms with E-state index in [9.17, 15) is 0 Å². The lowest BCUT2D eigenvalue weighted by Gasteiger charge is -2.51. The van der Waals surface area contributed by atoms with Crippen molar-refractivity contribution in [2.45, 2.75) is 50.2 Å². The van der Waals surface area contributed by atoms with Gasteiger partial charge < -0.3 is 23.1 Å². The standard InChI is InChI=1S/C14H28O5Si/c1-5-7-12-8-6-9-20(17-4,14(12,15-2)16-3)19-11-13-10-18-13/h12-13H,5-11H2,1-4H3. The maximum absolute atomic E-state index is 6.26. The Kier molecular flexibility index (Phi) is 5.61. The Bertz CT molecular complexity index is 304. The minimum atomic E-state index is -2.58. The highest BCUT2D eigenvalue weighted by Gasteiger charge is 2.65. The van der Waals surface area contributed by atoms with Crippen molar-refractivity contribution in [2.24, 2.45) is 5.92 Å². The fraction of sp³-hybridized carbons (Fsp3) is 1.00. The van der Waals surface area contributed by atoms with Crippen LogP contribution in [-0.2, 0) is 23.1 Å². The Morgan fingerprint density at radius 2 is 1.95 bits per heavy atom. The summed E-state index contributed by atoms with van der Waals surface area (Å²) in [6.07, 6.45) is 4.64. The molecule has 0 aliphatic carbocycles. The molecule has 2 heterocycles. The van der Waals surface area contributed by atoms with Crippen LogP contribution in [0.25, 0.3) is 0 Å². The van der Waals surface area contributed by atoms with Crippen molar-refractivity contribution < 1.29 is 23.1 Å². The summed E-state index contributed by atoms with van der Waals surface area (Å²) in [6.45, 7) is 3.58. The molecule has 2 fully saturated rings. The van der Waals surface area contributed by atoms with Crippen LogP contribution in [0.2, 0.25) is 6.04 Å². The van der Waals surface area contributed by atoms with Crippen LogP contribution < -0.4 is 0 Å². The molecule has 20 heavy (non-hydrogen) atoms. The van der Waals surface area contributed by atoms with Gasteiger partial charge in [0.15, 0.2) is 0 Å². The van der Waals surface area contributed by atoms with Crippen LogP contribution in [0.5, 0.6) is 0 Å². The van der Waals surface area contributed by atoms with Gasteiger partial charge in [-0.15, -0.1) is 0 Å². The van der Waals surface area contributed by atoms with Crippen LogP contribution in [0.4, 0.5) is 0 Å². The molecule has 2 saturated heterocycles. The lowest BCUT2D eigenvalue weighted by atomic mass is 9.96. The molecule has 5 nitrogen and oxygen atoms in total. The Morgan fingerprint density at radius 1 is 1.25 bits per heavy atom. The van der Waals surface area contributed by atoms with Crippen molar-refractivity contribution in [3.8, 4) is 0 Å². The van der Waals surface area contributed by atoms with Crippen molar-refractivity contribution in [3.63, 3.8) is 0 Å². The molecular formula is C14H28O5Si. The molecule has 3 atom stereocenters. The van der Waals surface area contributed by atoms with Crippen molar-refractivity contribution in [2.75, 3.05) is 34.5 Å². The largest absolute Gasteiger partial charge is 0.399 e. The lowest BCUT2D eigenvalue weighted by Crippen LogP contribution is -2.70. The first-order valence-corrected chi connectivity index (χ1v) is 9.61. The van der Waals surface area contributed by atoms with Crippen molar-refractivity contribution in [1.29, 1.82) is 0 Å². The van der Waals surface area contributed by atoms with Gasteiger partial charge in [-0.2, -0.15) is 0 Å². The van der Waals surface area contributed by atoms with Gasteiger partial charge in [-0.3, -0.25) is 0 Å². The normalized spacial score (nSPS) is 36.0. The SMILES string of the molecule is CCCC1CCC[Si](OC)(OCC2CO2)C1(OC)OC. The highest BCUT2D eigenvalue weighted by atomic mass is 28.4. The summed E-state index contributed by atoms with van der Waals surface area (Å²) in [4.78, 5) is 0. The second-order valence-corrected chi connectivity index (χ2v) is 9.08. The summed E-state index contributed by atoms with van der Waals surface area (Å²) in [5.74, 6) is 0.336. The van der Waals surface area contributed by atoms with Crippen LogP contribution in [0.1, 0.15) is 32.6 Å². The Balaban J connectivity index is 2.23. The highest BCUT2D eigenvalue weighted by molar-refractivity contribution is 6.70. The van der Waals surface area contributed by atoms with E-state index in [1.165, 1.54) is 0 Å². The van der Waals surface area contributed by atoms with Gasteiger partial charge in [0.05, 0.1) is 13.2 Å². The van der Waals surface area contributed by atoms with Crippen LogP contribution >= 0.6 is 0 Å². The first-order chi connectivity index (χ1) is 9.68. The Hall–Kier alpha value is 0.0169. The second kappa shape index (κ2) is 6.85. The molecule has 118 valence electrons. The third-order valence-corrected chi connectivity index (χ3v) is 8.79. The summed E-state index contributed by atoms with van der Waals surface area (Å²) in [7, 11) is 2.59. The third kappa shape index (κ3) is 2.82. The van der Waals surface area contributed by atoms with E-state index in [0.717, 1.165) is 38.3 Å². The topological polar surface area (TPSA) is 49.5 Å². The van der Waals surface area contributed by atoms with Crippen molar-refractivity contribution in [1.82, 2.24) is 0 Å². The number of rotatable bonds is 8. The molecular weight excluding hydrogens is 276 g/mol. The first-order valence-electron chi connectivity index (χ1n) is 7.59. The van der Waals surface area contributed by atoms with E-state index in [1.807, 2.05) is 0 Å². The molecule has 0 N–H and O–H groups in total. The van der Waals surface area contributed by atoms with Crippen LogP contribution in [0, 0.1) is 5.92 Å². The fourth-order valence-electron chi connectivity index (χ4n) is 3.53. The fourth-order valence-corrected chi connectivity index (χ4v) is 7.49. The van der Waals surface area contributed by atoms with E-state index in [2.05, 4.69) is 6.92 Å².